The van der Waals surface area contributed by atoms with Crippen molar-refractivity contribution < 1.29 is 0 Å². The van der Waals surface area contributed by atoms with Gasteiger partial charge in [-0.15, -0.1) is 10.2 Å². The Morgan fingerprint density at radius 2 is 2.44 bits per heavy atom. The lowest BCUT2D eigenvalue weighted by Crippen LogP contribution is -2.04. The lowest BCUT2D eigenvalue weighted by molar-refractivity contribution is 0.790. The maximum absolute atomic E-state index is 4.76. The molecule has 49 valence electrons. The first-order valence-corrected chi connectivity index (χ1v) is 3.69. The Labute approximate surface area is 62.9 Å². The Morgan fingerprint density at radius 3 is 2.89 bits per heavy atom. The van der Waals surface area contributed by atoms with E-state index in [1.165, 1.54) is 11.3 Å². The number of hydrogen-bond donors (Lipinski definition) is 1. The summed E-state index contributed by atoms with van der Waals surface area (Å²) in [6.07, 6.45) is 0. The van der Waals surface area contributed by atoms with Crippen molar-refractivity contribution in [3.05, 3.63) is 5.01 Å². The molecule has 0 amide bonds. The third kappa shape index (κ3) is 1.85. The van der Waals surface area contributed by atoms with Crippen LogP contribution in [0.15, 0.2) is 4.34 Å². The zero-order valence-electron chi connectivity index (χ0n) is 4.92. The molecule has 1 heterocycles. The lowest BCUT2D eigenvalue weighted by atomic mass is 10.7. The maximum atomic E-state index is 4.76. The van der Waals surface area contributed by atoms with E-state index in [1.807, 2.05) is 7.05 Å². The van der Waals surface area contributed by atoms with E-state index in [2.05, 4.69) is 15.5 Å². The number of nitrogens with one attached hydrogen (secondary N) is 1. The lowest BCUT2D eigenvalue weighted by Gasteiger charge is -1.86. The molecule has 0 unspecified atom stereocenters. The molecule has 1 radical (unpaired) electrons. The van der Waals surface area contributed by atoms with Crippen LogP contribution < -0.4 is 5.32 Å². The Balaban J connectivity index is 2.61. The maximum Gasteiger partial charge on any atom is 0.204 e. The summed E-state index contributed by atoms with van der Waals surface area (Å²) in [6, 6.07) is 0. The highest BCUT2D eigenvalue weighted by molar-refractivity contribution is 7.82. The molecule has 1 aromatic heterocycles. The molecule has 3 nitrogen and oxygen atoms in total. The van der Waals surface area contributed by atoms with Crippen LogP contribution in [0, 0.1) is 0 Å². The monoisotopic (exact) mass is 160 g/mol. The highest BCUT2D eigenvalue weighted by atomic mass is 32.2. The average Bonchev–Trinajstić information content (AvgIpc) is 2.17. The topological polar surface area (TPSA) is 37.8 Å². The highest BCUT2D eigenvalue weighted by Crippen LogP contribution is 2.11. The zero-order valence-corrected chi connectivity index (χ0v) is 6.55. The number of aromatic nitrogens is 2. The van der Waals surface area contributed by atoms with Gasteiger partial charge in [0, 0.05) is 6.54 Å². The molecule has 0 aliphatic rings. The molecule has 0 atom stereocenters. The molecule has 1 N–H and O–H groups in total. The van der Waals surface area contributed by atoms with Crippen molar-refractivity contribution in [3.63, 3.8) is 0 Å². The standard InChI is InChI=1S/C4H6N3S2/c1-5-2-3-6-7-4(8)9-3/h5H,2H2,1H3. The molecule has 1 aromatic rings. The summed E-state index contributed by atoms with van der Waals surface area (Å²) in [5, 5.41) is 11.4. The van der Waals surface area contributed by atoms with Crippen molar-refractivity contribution in [1.82, 2.24) is 15.5 Å². The van der Waals surface area contributed by atoms with Gasteiger partial charge >= 0.3 is 0 Å². The van der Waals surface area contributed by atoms with Gasteiger partial charge in [-0.3, -0.25) is 0 Å². The molecular weight excluding hydrogens is 154 g/mol. The van der Waals surface area contributed by atoms with E-state index in [4.69, 9.17) is 12.6 Å². The Morgan fingerprint density at radius 1 is 1.67 bits per heavy atom. The van der Waals surface area contributed by atoms with E-state index >= 15 is 0 Å². The number of rotatable bonds is 2. The molecule has 0 saturated heterocycles. The van der Waals surface area contributed by atoms with Gasteiger partial charge in [0.1, 0.15) is 5.01 Å². The second kappa shape index (κ2) is 3.05. The Bertz CT molecular complexity index is 186. The quantitative estimate of drug-likeness (QED) is 0.696. The molecular formula is C4H6N3S2. The second-order valence-electron chi connectivity index (χ2n) is 1.49. The summed E-state index contributed by atoms with van der Waals surface area (Å²) in [4.78, 5) is 0. The van der Waals surface area contributed by atoms with Gasteiger partial charge in [-0.1, -0.05) is 11.3 Å². The molecule has 1 rings (SSSR count). The third-order valence-corrected chi connectivity index (χ3v) is 1.83. The minimum atomic E-state index is 0.611. The summed E-state index contributed by atoms with van der Waals surface area (Å²) in [6.45, 7) is 0.758. The summed E-state index contributed by atoms with van der Waals surface area (Å²) < 4.78 is 0.611. The van der Waals surface area contributed by atoms with E-state index in [0.29, 0.717) is 4.34 Å². The summed E-state index contributed by atoms with van der Waals surface area (Å²) in [5.74, 6) is 0. The fraction of sp³-hybridized carbons (Fsp3) is 0.500. The van der Waals surface area contributed by atoms with Crippen LogP contribution in [0.2, 0.25) is 0 Å². The largest absolute Gasteiger partial charge is 0.313 e. The van der Waals surface area contributed by atoms with Crippen LogP contribution in [0.3, 0.4) is 0 Å². The van der Waals surface area contributed by atoms with Crippen LogP contribution in [-0.2, 0) is 6.54 Å². The van der Waals surface area contributed by atoms with Gasteiger partial charge in [0.2, 0.25) is 4.34 Å². The predicted octanol–water partition coefficient (Wildman–Crippen LogP) is 0.814. The molecule has 0 aliphatic carbocycles. The van der Waals surface area contributed by atoms with Crippen molar-refractivity contribution in [2.45, 2.75) is 10.9 Å². The summed E-state index contributed by atoms with van der Waals surface area (Å²) in [7, 11) is 1.87. The van der Waals surface area contributed by atoms with Crippen LogP contribution in [0.1, 0.15) is 5.01 Å². The van der Waals surface area contributed by atoms with Crippen molar-refractivity contribution in [2.24, 2.45) is 0 Å². The smallest absolute Gasteiger partial charge is 0.204 e. The molecule has 0 bridgehead atoms. The van der Waals surface area contributed by atoms with Gasteiger partial charge in [-0.25, -0.2) is 0 Å². The van der Waals surface area contributed by atoms with Crippen LogP contribution in [0.4, 0.5) is 0 Å². The van der Waals surface area contributed by atoms with Gasteiger partial charge in [-0.05, 0) is 19.7 Å². The molecule has 5 heteroatoms. The Hall–Kier alpha value is -0.260. The fourth-order valence-electron chi connectivity index (χ4n) is 0.461. The van der Waals surface area contributed by atoms with Gasteiger partial charge in [0.15, 0.2) is 0 Å². The van der Waals surface area contributed by atoms with Crippen LogP contribution in [0.5, 0.6) is 0 Å². The average molecular weight is 160 g/mol. The molecule has 0 saturated carbocycles. The van der Waals surface area contributed by atoms with Crippen molar-refractivity contribution >= 4 is 24.0 Å². The molecule has 9 heavy (non-hydrogen) atoms. The normalized spacial score (nSPS) is 9.89. The SMILES string of the molecule is CNCc1nnc([S])s1. The molecule has 0 aliphatic heterocycles. The molecule has 0 fully saturated rings. The molecule has 0 spiro atoms. The third-order valence-electron chi connectivity index (χ3n) is 0.776. The fourth-order valence-corrected chi connectivity index (χ4v) is 1.37. The van der Waals surface area contributed by atoms with E-state index in [9.17, 15) is 0 Å². The first-order chi connectivity index (χ1) is 4.33. The minimum Gasteiger partial charge on any atom is -0.313 e. The van der Waals surface area contributed by atoms with Gasteiger partial charge < -0.3 is 5.32 Å². The summed E-state index contributed by atoms with van der Waals surface area (Å²) >= 11 is 6.21. The van der Waals surface area contributed by atoms with Gasteiger partial charge in [-0.2, -0.15) is 0 Å². The zero-order chi connectivity index (χ0) is 6.69. The second-order valence-corrected chi connectivity index (χ2v) is 3.20. The van der Waals surface area contributed by atoms with E-state index in [0.717, 1.165) is 11.6 Å². The number of nitrogens with zero attached hydrogens (tertiary/aromatic N) is 2. The first kappa shape index (κ1) is 6.85. The highest BCUT2D eigenvalue weighted by Gasteiger charge is 1.97. The van der Waals surface area contributed by atoms with E-state index in [-0.39, 0.29) is 0 Å². The number of hydrogen-bond acceptors (Lipinski definition) is 4. The van der Waals surface area contributed by atoms with Crippen LogP contribution in [-0.4, -0.2) is 17.2 Å². The van der Waals surface area contributed by atoms with Crippen molar-refractivity contribution in [1.29, 1.82) is 0 Å². The van der Waals surface area contributed by atoms with Gasteiger partial charge in [0.25, 0.3) is 0 Å². The van der Waals surface area contributed by atoms with E-state index in [1.54, 1.807) is 0 Å². The van der Waals surface area contributed by atoms with Crippen molar-refractivity contribution in [2.75, 3.05) is 7.05 Å². The van der Waals surface area contributed by atoms with Gasteiger partial charge in [0.05, 0.1) is 0 Å². The minimum absolute atomic E-state index is 0.611. The Kier molecular flexibility index (Phi) is 2.32. The van der Waals surface area contributed by atoms with E-state index < -0.39 is 0 Å². The summed E-state index contributed by atoms with van der Waals surface area (Å²) in [5.41, 5.74) is 0. The predicted molar refractivity (Wildman–Crippen MR) is 38.5 cm³/mol. The van der Waals surface area contributed by atoms with Crippen LogP contribution in [0.25, 0.3) is 0 Å². The van der Waals surface area contributed by atoms with Crippen molar-refractivity contribution in [3.8, 4) is 0 Å². The first-order valence-electron chi connectivity index (χ1n) is 2.47. The molecule has 0 aromatic carbocycles. The van der Waals surface area contributed by atoms with Crippen LogP contribution >= 0.6 is 24.0 Å².